The van der Waals surface area contributed by atoms with Crippen LogP contribution in [0.15, 0.2) is 78.9 Å². The monoisotopic (exact) mass is 430 g/mol. The van der Waals surface area contributed by atoms with Gasteiger partial charge in [0.15, 0.2) is 17.1 Å². The molecule has 3 aromatic rings. The lowest BCUT2D eigenvalue weighted by Crippen LogP contribution is -2.60. The first-order chi connectivity index (χ1) is 15.1. The van der Waals surface area contributed by atoms with Gasteiger partial charge in [-0.25, -0.2) is 0 Å². The van der Waals surface area contributed by atoms with Gasteiger partial charge in [0.2, 0.25) is 0 Å². The molecular weight excluding hydrogens is 408 g/mol. The number of nitrogens with zero attached hydrogens (tertiary/aromatic N) is 2. The Morgan fingerprint density at radius 1 is 0.710 bits per heavy atom. The average Bonchev–Trinajstić information content (AvgIpc) is 3.04. The SMILES string of the molecule is O=C1c2ccccc2C(=O)C1(c1ccccc1)N1CCN(Cc2ccc(Cl)cc2)CC1. The number of fused-ring (bicyclic) bond motifs is 1. The quantitative estimate of drug-likeness (QED) is 0.574. The summed E-state index contributed by atoms with van der Waals surface area (Å²) in [6.07, 6.45) is 0. The van der Waals surface area contributed by atoms with E-state index in [4.69, 9.17) is 11.6 Å². The van der Waals surface area contributed by atoms with Gasteiger partial charge < -0.3 is 0 Å². The number of rotatable bonds is 4. The predicted molar refractivity (Wildman–Crippen MR) is 122 cm³/mol. The molecule has 156 valence electrons. The van der Waals surface area contributed by atoms with Gasteiger partial charge in [0, 0.05) is 48.9 Å². The lowest BCUT2D eigenvalue weighted by Gasteiger charge is -2.44. The van der Waals surface area contributed by atoms with Crippen molar-refractivity contribution in [3.05, 3.63) is 106 Å². The molecule has 0 atom stereocenters. The van der Waals surface area contributed by atoms with Gasteiger partial charge in [-0.2, -0.15) is 0 Å². The molecule has 2 aliphatic rings. The highest BCUT2D eigenvalue weighted by molar-refractivity contribution is 6.33. The van der Waals surface area contributed by atoms with Gasteiger partial charge in [0.05, 0.1) is 0 Å². The van der Waals surface area contributed by atoms with Crippen molar-refractivity contribution >= 4 is 23.2 Å². The summed E-state index contributed by atoms with van der Waals surface area (Å²) in [5.41, 5.74) is 1.75. The minimum atomic E-state index is -1.27. The Bertz CT molecular complexity index is 1080. The van der Waals surface area contributed by atoms with E-state index >= 15 is 0 Å². The summed E-state index contributed by atoms with van der Waals surface area (Å²) < 4.78 is 0. The molecule has 0 N–H and O–H groups in total. The number of halogens is 1. The second-order valence-corrected chi connectivity index (χ2v) is 8.61. The summed E-state index contributed by atoms with van der Waals surface area (Å²) in [6.45, 7) is 3.69. The van der Waals surface area contributed by atoms with Crippen LogP contribution in [0, 0.1) is 0 Å². The van der Waals surface area contributed by atoms with E-state index in [1.54, 1.807) is 12.1 Å². The van der Waals surface area contributed by atoms with Crippen LogP contribution < -0.4 is 0 Å². The molecule has 5 heteroatoms. The van der Waals surface area contributed by atoms with Crippen molar-refractivity contribution in [1.29, 1.82) is 0 Å². The van der Waals surface area contributed by atoms with Gasteiger partial charge in [0.1, 0.15) is 0 Å². The molecule has 0 radical (unpaired) electrons. The molecule has 0 bridgehead atoms. The highest BCUT2D eigenvalue weighted by atomic mass is 35.5. The Kier molecular flexibility index (Phi) is 5.22. The first-order valence-corrected chi connectivity index (χ1v) is 10.9. The maximum atomic E-state index is 13.7. The largest absolute Gasteiger partial charge is 0.297 e. The van der Waals surface area contributed by atoms with E-state index in [1.165, 1.54) is 5.56 Å². The third-order valence-corrected chi connectivity index (χ3v) is 6.68. The van der Waals surface area contributed by atoms with Crippen molar-refractivity contribution in [2.75, 3.05) is 26.2 Å². The Morgan fingerprint density at radius 2 is 1.26 bits per heavy atom. The fourth-order valence-electron chi connectivity index (χ4n) is 4.87. The maximum absolute atomic E-state index is 13.7. The van der Waals surface area contributed by atoms with Crippen LogP contribution in [0.1, 0.15) is 31.8 Å². The highest BCUT2D eigenvalue weighted by Crippen LogP contribution is 2.42. The first-order valence-electron chi connectivity index (χ1n) is 10.6. The van der Waals surface area contributed by atoms with Crippen LogP contribution >= 0.6 is 11.6 Å². The van der Waals surface area contributed by atoms with E-state index in [1.807, 2.05) is 66.7 Å². The zero-order valence-electron chi connectivity index (χ0n) is 17.1. The van der Waals surface area contributed by atoms with Gasteiger partial charge in [-0.05, 0) is 23.3 Å². The predicted octanol–water partition coefficient (Wildman–Crippen LogP) is 4.43. The van der Waals surface area contributed by atoms with E-state index < -0.39 is 5.54 Å². The van der Waals surface area contributed by atoms with Crippen LogP contribution in [0.3, 0.4) is 0 Å². The topological polar surface area (TPSA) is 40.6 Å². The molecule has 3 aromatic carbocycles. The van der Waals surface area contributed by atoms with Gasteiger partial charge in [-0.15, -0.1) is 0 Å². The molecule has 1 aliphatic carbocycles. The van der Waals surface area contributed by atoms with Gasteiger partial charge in [-0.1, -0.05) is 78.3 Å². The second-order valence-electron chi connectivity index (χ2n) is 8.17. The Balaban J connectivity index is 1.44. The zero-order chi connectivity index (χ0) is 21.4. The summed E-state index contributed by atoms with van der Waals surface area (Å²) in [4.78, 5) is 31.9. The number of ketones is 2. The molecule has 0 saturated carbocycles. The lowest BCUT2D eigenvalue weighted by atomic mass is 9.82. The third-order valence-electron chi connectivity index (χ3n) is 6.43. The first kappa shape index (κ1) is 20.1. The smallest absolute Gasteiger partial charge is 0.196 e. The third kappa shape index (κ3) is 3.32. The number of benzene rings is 3. The molecule has 1 heterocycles. The summed E-state index contributed by atoms with van der Waals surface area (Å²) in [7, 11) is 0. The Morgan fingerprint density at radius 3 is 1.84 bits per heavy atom. The van der Waals surface area contributed by atoms with E-state index in [-0.39, 0.29) is 11.6 Å². The molecule has 0 spiro atoms. The van der Waals surface area contributed by atoms with Crippen LogP contribution in [0.25, 0.3) is 0 Å². The molecule has 1 aliphatic heterocycles. The number of Topliss-reactive ketones (excluding diaryl/α,β-unsaturated/α-hetero) is 2. The molecule has 1 saturated heterocycles. The fourth-order valence-corrected chi connectivity index (χ4v) is 5.00. The van der Waals surface area contributed by atoms with Crippen molar-refractivity contribution in [2.24, 2.45) is 0 Å². The van der Waals surface area contributed by atoms with E-state index in [0.29, 0.717) is 24.2 Å². The number of carbonyl (C=O) groups is 2. The van der Waals surface area contributed by atoms with E-state index in [0.717, 1.165) is 30.2 Å². The lowest BCUT2D eigenvalue weighted by molar-refractivity contribution is 0.0279. The second kappa shape index (κ2) is 8.04. The molecule has 1 fully saturated rings. The van der Waals surface area contributed by atoms with E-state index in [9.17, 15) is 9.59 Å². The van der Waals surface area contributed by atoms with Crippen molar-refractivity contribution in [2.45, 2.75) is 12.1 Å². The van der Waals surface area contributed by atoms with Gasteiger partial charge in [0.25, 0.3) is 0 Å². The Labute approximate surface area is 187 Å². The normalized spacial score (nSPS) is 18.9. The molecule has 31 heavy (non-hydrogen) atoms. The zero-order valence-corrected chi connectivity index (χ0v) is 17.9. The van der Waals surface area contributed by atoms with Crippen LogP contribution in [0.2, 0.25) is 5.02 Å². The van der Waals surface area contributed by atoms with Crippen LogP contribution in [-0.4, -0.2) is 47.5 Å². The number of hydrogen-bond donors (Lipinski definition) is 0. The average molecular weight is 431 g/mol. The number of carbonyl (C=O) groups excluding carboxylic acids is 2. The van der Waals surface area contributed by atoms with Crippen LogP contribution in [0.4, 0.5) is 0 Å². The summed E-state index contributed by atoms with van der Waals surface area (Å²) in [5, 5.41) is 0.733. The Hall–Kier alpha value is -2.79. The number of hydrogen-bond acceptors (Lipinski definition) is 4. The summed E-state index contributed by atoms with van der Waals surface area (Å²) in [6, 6.07) is 24.6. The van der Waals surface area contributed by atoms with Gasteiger partial charge >= 0.3 is 0 Å². The van der Waals surface area contributed by atoms with Crippen molar-refractivity contribution < 1.29 is 9.59 Å². The minimum Gasteiger partial charge on any atom is -0.297 e. The van der Waals surface area contributed by atoms with Crippen molar-refractivity contribution in [1.82, 2.24) is 9.80 Å². The van der Waals surface area contributed by atoms with Crippen LogP contribution in [0.5, 0.6) is 0 Å². The molecule has 0 unspecified atom stereocenters. The maximum Gasteiger partial charge on any atom is 0.196 e. The molecule has 0 amide bonds. The molecule has 5 rings (SSSR count). The molecule has 4 nitrogen and oxygen atoms in total. The fraction of sp³-hybridized carbons (Fsp3) is 0.231. The standard InChI is InChI=1S/C26H23ClN2O2/c27-21-12-10-19(11-13-21)18-28-14-16-29(17-15-28)26(20-6-2-1-3-7-20)24(30)22-8-4-5-9-23(22)25(26)31/h1-13H,14-18H2. The number of piperazine rings is 1. The van der Waals surface area contributed by atoms with E-state index in [2.05, 4.69) is 9.80 Å². The van der Waals surface area contributed by atoms with Gasteiger partial charge in [-0.3, -0.25) is 19.4 Å². The summed E-state index contributed by atoms with van der Waals surface area (Å²) >= 11 is 6.00. The summed E-state index contributed by atoms with van der Waals surface area (Å²) in [5.74, 6) is -0.212. The minimum absolute atomic E-state index is 0.106. The van der Waals surface area contributed by atoms with Crippen molar-refractivity contribution in [3.63, 3.8) is 0 Å². The van der Waals surface area contributed by atoms with Crippen molar-refractivity contribution in [3.8, 4) is 0 Å². The molecular formula is C26H23ClN2O2. The molecule has 0 aromatic heterocycles. The van der Waals surface area contributed by atoms with Crippen LogP contribution in [-0.2, 0) is 12.1 Å². The highest BCUT2D eigenvalue weighted by Gasteiger charge is 2.58.